The van der Waals surface area contributed by atoms with Crippen LogP contribution in [0.4, 0.5) is 5.95 Å². The SMILES string of the molecule is O=C(Nc1ncn(-c2ccccn2)n1)[C@H](Sc1ccccc1)c1ccccc1. The fourth-order valence-corrected chi connectivity index (χ4v) is 3.68. The van der Waals surface area contributed by atoms with Crippen LogP contribution in [-0.4, -0.2) is 25.7 Å². The average molecular weight is 387 g/mol. The van der Waals surface area contributed by atoms with Gasteiger partial charge in [0.2, 0.25) is 11.9 Å². The Bertz CT molecular complexity index is 1040. The molecule has 2 aromatic carbocycles. The molecule has 1 N–H and O–H groups in total. The Morgan fingerprint density at radius 3 is 2.32 bits per heavy atom. The molecule has 0 radical (unpaired) electrons. The molecule has 0 aliphatic carbocycles. The number of carbonyl (C=O) groups is 1. The molecule has 1 atom stereocenters. The van der Waals surface area contributed by atoms with Crippen LogP contribution in [0.2, 0.25) is 0 Å². The van der Waals surface area contributed by atoms with Crippen molar-refractivity contribution in [2.75, 3.05) is 5.32 Å². The third kappa shape index (κ3) is 4.27. The van der Waals surface area contributed by atoms with Crippen molar-refractivity contribution in [3.05, 3.63) is 97.0 Å². The lowest BCUT2D eigenvalue weighted by Crippen LogP contribution is -2.20. The number of hydrogen-bond acceptors (Lipinski definition) is 5. The fraction of sp³-hybridized carbons (Fsp3) is 0.0476. The number of carbonyl (C=O) groups excluding carboxylic acids is 1. The third-order valence-corrected chi connectivity index (χ3v) is 5.21. The largest absolute Gasteiger partial charge is 0.292 e. The molecule has 0 saturated carbocycles. The molecule has 0 fully saturated rings. The zero-order valence-electron chi connectivity index (χ0n) is 14.8. The van der Waals surface area contributed by atoms with Gasteiger partial charge in [-0.1, -0.05) is 54.6 Å². The summed E-state index contributed by atoms with van der Waals surface area (Å²) in [5.41, 5.74) is 0.915. The molecule has 7 heteroatoms. The van der Waals surface area contributed by atoms with Gasteiger partial charge in [-0.3, -0.25) is 10.1 Å². The number of anilines is 1. The summed E-state index contributed by atoms with van der Waals surface area (Å²) < 4.78 is 1.53. The van der Waals surface area contributed by atoms with Crippen molar-refractivity contribution in [2.24, 2.45) is 0 Å². The van der Waals surface area contributed by atoms with E-state index in [1.54, 1.807) is 6.20 Å². The highest BCUT2D eigenvalue weighted by molar-refractivity contribution is 8.00. The van der Waals surface area contributed by atoms with E-state index in [1.165, 1.54) is 22.8 Å². The second kappa shape index (κ2) is 8.49. The van der Waals surface area contributed by atoms with Crippen LogP contribution in [0, 0.1) is 0 Å². The zero-order chi connectivity index (χ0) is 19.2. The topological polar surface area (TPSA) is 72.7 Å². The summed E-state index contributed by atoms with van der Waals surface area (Å²) in [5, 5.41) is 6.70. The van der Waals surface area contributed by atoms with Gasteiger partial charge in [0.1, 0.15) is 11.6 Å². The van der Waals surface area contributed by atoms with Crippen molar-refractivity contribution >= 4 is 23.6 Å². The van der Waals surface area contributed by atoms with Gasteiger partial charge in [0.15, 0.2) is 5.82 Å². The van der Waals surface area contributed by atoms with E-state index in [9.17, 15) is 4.79 Å². The number of amides is 1. The number of rotatable bonds is 6. The van der Waals surface area contributed by atoms with Crippen LogP contribution in [0.5, 0.6) is 0 Å². The van der Waals surface area contributed by atoms with Gasteiger partial charge in [-0.2, -0.15) is 4.98 Å². The molecule has 6 nitrogen and oxygen atoms in total. The molecule has 0 spiro atoms. The molecule has 0 saturated heterocycles. The van der Waals surface area contributed by atoms with Crippen molar-refractivity contribution < 1.29 is 4.79 Å². The second-order valence-electron chi connectivity index (χ2n) is 5.91. The predicted octanol–water partition coefficient (Wildman–Crippen LogP) is 4.13. The molecule has 4 aromatic rings. The summed E-state index contributed by atoms with van der Waals surface area (Å²) in [6, 6.07) is 25.0. The van der Waals surface area contributed by atoms with Crippen molar-refractivity contribution in [1.82, 2.24) is 19.7 Å². The monoisotopic (exact) mass is 387 g/mol. The first-order valence-corrected chi connectivity index (χ1v) is 9.58. The molecule has 0 aliphatic heterocycles. The standard InChI is InChI=1S/C21H17N5OS/c27-20(24-21-23-15-26(25-21)18-13-7-8-14-22-18)19(16-9-3-1-4-10-16)28-17-11-5-2-6-12-17/h1-15,19H,(H,24,25,27)/t19-/m1/s1. The van der Waals surface area contributed by atoms with Gasteiger partial charge in [-0.05, 0) is 29.8 Å². The van der Waals surface area contributed by atoms with Crippen LogP contribution in [0.15, 0.2) is 96.3 Å². The summed E-state index contributed by atoms with van der Waals surface area (Å²) in [5.74, 6) is 0.692. The molecule has 4 rings (SSSR count). The van der Waals surface area contributed by atoms with E-state index in [-0.39, 0.29) is 11.9 Å². The highest BCUT2D eigenvalue weighted by atomic mass is 32.2. The summed E-state index contributed by atoms with van der Waals surface area (Å²) in [7, 11) is 0. The first kappa shape index (κ1) is 17.9. The summed E-state index contributed by atoms with van der Waals surface area (Å²) in [4.78, 5) is 22.4. The van der Waals surface area contributed by atoms with Gasteiger partial charge in [0.05, 0.1) is 0 Å². The molecule has 138 valence electrons. The van der Waals surface area contributed by atoms with Gasteiger partial charge in [-0.15, -0.1) is 16.9 Å². The fourth-order valence-electron chi connectivity index (χ4n) is 2.63. The minimum atomic E-state index is -0.426. The van der Waals surface area contributed by atoms with Crippen LogP contribution < -0.4 is 5.32 Å². The molecular formula is C21H17N5OS. The predicted molar refractivity (Wildman–Crippen MR) is 109 cm³/mol. The van der Waals surface area contributed by atoms with Crippen LogP contribution >= 0.6 is 11.8 Å². The summed E-state index contributed by atoms with van der Waals surface area (Å²) in [6.45, 7) is 0. The van der Waals surface area contributed by atoms with Gasteiger partial charge in [0.25, 0.3) is 0 Å². The summed E-state index contributed by atoms with van der Waals surface area (Å²) >= 11 is 1.49. The van der Waals surface area contributed by atoms with E-state index in [1.807, 2.05) is 78.9 Å². The minimum Gasteiger partial charge on any atom is -0.292 e. The molecule has 2 heterocycles. The van der Waals surface area contributed by atoms with Crippen molar-refractivity contribution in [3.8, 4) is 5.82 Å². The molecule has 0 unspecified atom stereocenters. The first-order chi connectivity index (χ1) is 13.8. The van der Waals surface area contributed by atoms with E-state index in [0.717, 1.165) is 10.5 Å². The Hall–Kier alpha value is -3.45. The van der Waals surface area contributed by atoms with Gasteiger partial charge in [0, 0.05) is 11.1 Å². The number of thioether (sulfide) groups is 1. The van der Waals surface area contributed by atoms with Crippen LogP contribution in [0.3, 0.4) is 0 Å². The molecule has 0 aliphatic rings. The lowest BCUT2D eigenvalue weighted by Gasteiger charge is -2.16. The summed E-state index contributed by atoms with van der Waals surface area (Å²) in [6.07, 6.45) is 3.21. The third-order valence-electron chi connectivity index (χ3n) is 3.95. The Labute approximate surface area is 166 Å². The Balaban J connectivity index is 1.55. The zero-order valence-corrected chi connectivity index (χ0v) is 15.7. The first-order valence-electron chi connectivity index (χ1n) is 8.70. The maximum atomic E-state index is 13.0. The smallest absolute Gasteiger partial charge is 0.249 e. The highest BCUT2D eigenvalue weighted by Gasteiger charge is 2.23. The lowest BCUT2D eigenvalue weighted by atomic mass is 10.1. The highest BCUT2D eigenvalue weighted by Crippen LogP contribution is 2.35. The average Bonchev–Trinajstić information content (AvgIpc) is 3.22. The quantitative estimate of drug-likeness (QED) is 0.504. The number of benzene rings is 2. The van der Waals surface area contributed by atoms with E-state index in [2.05, 4.69) is 20.4 Å². The number of nitrogens with one attached hydrogen (secondary N) is 1. The van der Waals surface area contributed by atoms with Gasteiger partial charge in [-0.25, -0.2) is 9.67 Å². The molecule has 0 bridgehead atoms. The van der Waals surface area contributed by atoms with E-state index >= 15 is 0 Å². The van der Waals surface area contributed by atoms with Crippen LogP contribution in [0.25, 0.3) is 5.82 Å². The number of pyridine rings is 1. The van der Waals surface area contributed by atoms with Crippen LogP contribution in [0.1, 0.15) is 10.8 Å². The van der Waals surface area contributed by atoms with E-state index < -0.39 is 5.25 Å². The maximum Gasteiger partial charge on any atom is 0.249 e. The number of aromatic nitrogens is 4. The minimum absolute atomic E-state index is 0.182. The van der Waals surface area contributed by atoms with E-state index in [4.69, 9.17) is 0 Å². The van der Waals surface area contributed by atoms with Crippen molar-refractivity contribution in [3.63, 3.8) is 0 Å². The maximum absolute atomic E-state index is 13.0. The van der Waals surface area contributed by atoms with Gasteiger partial charge < -0.3 is 0 Å². The van der Waals surface area contributed by atoms with Crippen molar-refractivity contribution in [2.45, 2.75) is 10.1 Å². The Morgan fingerprint density at radius 2 is 1.61 bits per heavy atom. The lowest BCUT2D eigenvalue weighted by molar-refractivity contribution is -0.115. The number of hydrogen-bond donors (Lipinski definition) is 1. The Kier molecular flexibility index (Phi) is 5.44. The molecule has 1 amide bonds. The van der Waals surface area contributed by atoms with Gasteiger partial charge >= 0.3 is 0 Å². The Morgan fingerprint density at radius 1 is 0.893 bits per heavy atom. The molecule has 2 aromatic heterocycles. The van der Waals surface area contributed by atoms with Crippen molar-refractivity contribution in [1.29, 1.82) is 0 Å². The molecular weight excluding hydrogens is 370 g/mol. The van der Waals surface area contributed by atoms with E-state index in [0.29, 0.717) is 5.82 Å². The second-order valence-corrected chi connectivity index (χ2v) is 7.09. The molecule has 28 heavy (non-hydrogen) atoms. The normalized spacial score (nSPS) is 11.7. The van der Waals surface area contributed by atoms with Crippen LogP contribution in [-0.2, 0) is 4.79 Å². The number of nitrogens with zero attached hydrogens (tertiary/aromatic N) is 4.